The van der Waals surface area contributed by atoms with E-state index in [1.807, 2.05) is 12.1 Å². The Hall–Kier alpha value is -2.19. The van der Waals surface area contributed by atoms with Gasteiger partial charge in [-0.3, -0.25) is 4.79 Å². The predicted octanol–water partition coefficient (Wildman–Crippen LogP) is 3.57. The molecule has 1 amide bonds. The normalized spacial score (nSPS) is 10.6. The van der Waals surface area contributed by atoms with E-state index < -0.39 is 24.2 Å². The van der Waals surface area contributed by atoms with Gasteiger partial charge in [0.2, 0.25) is 0 Å². The average Bonchev–Trinajstić information content (AvgIpc) is 2.60. The first-order valence-electron chi connectivity index (χ1n) is 7.54. The van der Waals surface area contributed by atoms with Crippen LogP contribution in [0.25, 0.3) is 0 Å². The summed E-state index contributed by atoms with van der Waals surface area (Å²) in [5.74, 6) is -4.09. The highest BCUT2D eigenvalue weighted by Gasteiger charge is 2.18. The number of carbonyl (C=O) groups excluding carboxylic acids is 2. The van der Waals surface area contributed by atoms with Crippen LogP contribution in [-0.4, -0.2) is 35.8 Å². The summed E-state index contributed by atoms with van der Waals surface area (Å²) in [7, 11) is 0. The van der Waals surface area contributed by atoms with E-state index in [9.17, 15) is 18.4 Å². The zero-order chi connectivity index (χ0) is 18.9. The molecule has 0 spiro atoms. The smallest absolute Gasteiger partial charge is 0.341 e. The number of alkyl halides is 2. The molecule has 0 bridgehead atoms. The third-order valence-corrected chi connectivity index (χ3v) is 4.11. The zero-order valence-corrected chi connectivity index (χ0v) is 15.0. The van der Waals surface area contributed by atoms with Crippen molar-refractivity contribution in [1.82, 2.24) is 10.3 Å². The Labute approximate surface area is 158 Å². The van der Waals surface area contributed by atoms with Crippen molar-refractivity contribution in [2.24, 2.45) is 0 Å². The minimum absolute atomic E-state index is 0.107. The van der Waals surface area contributed by atoms with Gasteiger partial charge in [-0.25, -0.2) is 9.78 Å². The second-order valence-electron chi connectivity index (χ2n) is 5.04. The van der Waals surface area contributed by atoms with E-state index in [4.69, 9.17) is 16.3 Å². The van der Waals surface area contributed by atoms with E-state index in [2.05, 4.69) is 10.3 Å². The van der Waals surface area contributed by atoms with Gasteiger partial charge in [0.1, 0.15) is 5.03 Å². The number of benzene rings is 1. The van der Waals surface area contributed by atoms with Crippen LogP contribution < -0.4 is 5.32 Å². The Morgan fingerprint density at radius 1 is 1.27 bits per heavy atom. The van der Waals surface area contributed by atoms with Crippen LogP contribution in [0.2, 0.25) is 5.02 Å². The van der Waals surface area contributed by atoms with Gasteiger partial charge >= 0.3 is 5.97 Å². The molecule has 0 saturated heterocycles. The Morgan fingerprint density at radius 3 is 2.81 bits per heavy atom. The summed E-state index contributed by atoms with van der Waals surface area (Å²) in [5, 5.41) is 3.07. The summed E-state index contributed by atoms with van der Waals surface area (Å²) in [6.07, 6.45) is 1.86. The Balaban J connectivity index is 1.79. The van der Waals surface area contributed by atoms with Crippen LogP contribution in [0.3, 0.4) is 0 Å². The van der Waals surface area contributed by atoms with Gasteiger partial charge in [0.15, 0.2) is 6.61 Å². The molecule has 9 heteroatoms. The second kappa shape index (κ2) is 10.1. The molecule has 26 heavy (non-hydrogen) atoms. The minimum Gasteiger partial charge on any atom is -0.452 e. The lowest BCUT2D eigenvalue weighted by molar-refractivity contribution is -0.124. The first-order chi connectivity index (χ1) is 12.5. The fraction of sp³-hybridized carbons (Fsp3) is 0.235. The number of hydrogen-bond donors (Lipinski definition) is 1. The Bertz CT molecular complexity index is 777. The highest BCUT2D eigenvalue weighted by Crippen LogP contribution is 2.26. The number of esters is 1. The van der Waals surface area contributed by atoms with Crippen molar-refractivity contribution in [2.75, 3.05) is 13.2 Å². The molecule has 1 N–H and O–H groups in total. The highest BCUT2D eigenvalue weighted by atomic mass is 35.5. The number of thioether (sulfide) groups is 1. The molecule has 0 atom stereocenters. The quantitative estimate of drug-likeness (QED) is 0.542. The summed E-state index contributed by atoms with van der Waals surface area (Å²) in [5.41, 5.74) is 0.850. The lowest BCUT2D eigenvalue weighted by atomic mass is 10.1. The number of halogens is 3. The number of carbonyl (C=O) groups is 2. The zero-order valence-electron chi connectivity index (χ0n) is 13.5. The van der Waals surface area contributed by atoms with E-state index in [-0.39, 0.29) is 22.4 Å². The molecule has 1 heterocycles. The van der Waals surface area contributed by atoms with E-state index in [1.54, 1.807) is 12.1 Å². The standard InChI is InChI=1S/C17H15ClF2N2O3S/c18-12-4-1-3-11(9-12)6-8-21-14(23)10-25-16(24)13-5-2-7-22-15(13)26-17(19)20/h1-5,7,9,17H,6,8,10H2,(H,21,23). The Morgan fingerprint density at radius 2 is 2.08 bits per heavy atom. The molecule has 5 nitrogen and oxygen atoms in total. The number of pyridine rings is 1. The Kier molecular flexibility index (Phi) is 7.80. The number of nitrogens with zero attached hydrogens (tertiary/aromatic N) is 1. The van der Waals surface area contributed by atoms with Gasteiger partial charge in [-0.05, 0) is 48.0 Å². The lowest BCUT2D eigenvalue weighted by Crippen LogP contribution is -2.30. The molecular weight excluding hydrogens is 386 g/mol. The average molecular weight is 401 g/mol. The topological polar surface area (TPSA) is 68.3 Å². The summed E-state index contributed by atoms with van der Waals surface area (Å²) in [6, 6.07) is 9.97. The summed E-state index contributed by atoms with van der Waals surface area (Å²) in [4.78, 5) is 27.4. The van der Waals surface area contributed by atoms with Gasteiger partial charge in [0.25, 0.3) is 11.7 Å². The summed E-state index contributed by atoms with van der Waals surface area (Å²) in [6.45, 7) is -0.168. The maximum absolute atomic E-state index is 12.5. The third kappa shape index (κ3) is 6.61. The number of rotatable bonds is 8. The number of hydrogen-bond acceptors (Lipinski definition) is 5. The molecule has 0 aliphatic rings. The van der Waals surface area contributed by atoms with Crippen molar-refractivity contribution in [3.8, 4) is 0 Å². The second-order valence-corrected chi connectivity index (χ2v) is 6.46. The maximum atomic E-state index is 12.5. The molecule has 0 fully saturated rings. The SMILES string of the molecule is O=C(COC(=O)c1cccnc1SC(F)F)NCCc1cccc(Cl)c1. The molecule has 0 aliphatic heterocycles. The monoisotopic (exact) mass is 400 g/mol. The van der Waals surface area contributed by atoms with Crippen LogP contribution in [0, 0.1) is 0 Å². The largest absolute Gasteiger partial charge is 0.452 e. The molecule has 0 saturated carbocycles. The van der Waals surface area contributed by atoms with Crippen molar-refractivity contribution in [3.63, 3.8) is 0 Å². The molecule has 138 valence electrons. The van der Waals surface area contributed by atoms with Crippen LogP contribution >= 0.6 is 23.4 Å². The van der Waals surface area contributed by atoms with Gasteiger partial charge in [-0.2, -0.15) is 8.78 Å². The highest BCUT2D eigenvalue weighted by molar-refractivity contribution is 7.99. The van der Waals surface area contributed by atoms with Gasteiger partial charge in [0.05, 0.1) is 5.56 Å². The van der Waals surface area contributed by atoms with E-state index in [1.165, 1.54) is 18.3 Å². The molecule has 0 radical (unpaired) electrons. The number of aromatic nitrogens is 1. The van der Waals surface area contributed by atoms with Crippen molar-refractivity contribution in [1.29, 1.82) is 0 Å². The molecule has 0 aliphatic carbocycles. The molecule has 0 unspecified atom stereocenters. The third-order valence-electron chi connectivity index (χ3n) is 3.15. The maximum Gasteiger partial charge on any atom is 0.341 e. The fourth-order valence-electron chi connectivity index (χ4n) is 2.02. The molecule has 1 aromatic carbocycles. The first-order valence-corrected chi connectivity index (χ1v) is 8.79. The van der Waals surface area contributed by atoms with E-state index >= 15 is 0 Å². The van der Waals surface area contributed by atoms with Crippen LogP contribution in [0.4, 0.5) is 8.78 Å². The lowest BCUT2D eigenvalue weighted by Gasteiger charge is -2.09. The minimum atomic E-state index is -2.72. The van der Waals surface area contributed by atoms with Crippen LogP contribution in [0.1, 0.15) is 15.9 Å². The fourth-order valence-corrected chi connectivity index (χ4v) is 2.80. The summed E-state index contributed by atoms with van der Waals surface area (Å²) >= 11 is 6.02. The van der Waals surface area contributed by atoms with Gasteiger partial charge in [-0.15, -0.1) is 0 Å². The first kappa shape index (κ1) is 20.1. The molecule has 2 aromatic rings. The van der Waals surface area contributed by atoms with Crippen LogP contribution in [0.15, 0.2) is 47.6 Å². The molecule has 2 rings (SSSR count). The van der Waals surface area contributed by atoms with Crippen molar-refractivity contribution >= 4 is 35.2 Å². The van der Waals surface area contributed by atoms with Gasteiger partial charge < -0.3 is 10.1 Å². The van der Waals surface area contributed by atoms with E-state index in [0.717, 1.165) is 5.56 Å². The van der Waals surface area contributed by atoms with Crippen molar-refractivity contribution < 1.29 is 23.1 Å². The van der Waals surface area contributed by atoms with Crippen LogP contribution in [-0.2, 0) is 16.0 Å². The number of amides is 1. The number of nitrogens with one attached hydrogen (secondary N) is 1. The van der Waals surface area contributed by atoms with E-state index in [0.29, 0.717) is 18.0 Å². The van der Waals surface area contributed by atoms with Gasteiger partial charge in [0, 0.05) is 17.8 Å². The van der Waals surface area contributed by atoms with Crippen LogP contribution in [0.5, 0.6) is 0 Å². The predicted molar refractivity (Wildman–Crippen MR) is 94.5 cm³/mol. The number of ether oxygens (including phenoxy) is 1. The molecular formula is C17H15ClF2N2O3S. The van der Waals surface area contributed by atoms with Crippen molar-refractivity contribution in [3.05, 3.63) is 58.7 Å². The summed E-state index contributed by atoms with van der Waals surface area (Å²) < 4.78 is 29.8. The molecule has 1 aromatic heterocycles. The van der Waals surface area contributed by atoms with Gasteiger partial charge in [-0.1, -0.05) is 23.7 Å². The van der Waals surface area contributed by atoms with Crippen molar-refractivity contribution in [2.45, 2.75) is 17.2 Å².